The van der Waals surface area contributed by atoms with E-state index in [1.54, 1.807) is 6.92 Å². The molecule has 0 aromatic carbocycles. The first-order valence-electron chi connectivity index (χ1n) is 10.1. The number of hydrogen-bond donors (Lipinski definition) is 0. The van der Waals surface area contributed by atoms with Crippen molar-refractivity contribution in [2.45, 2.75) is 57.7 Å². The van der Waals surface area contributed by atoms with Gasteiger partial charge in [0.25, 0.3) is 0 Å². The van der Waals surface area contributed by atoms with Gasteiger partial charge in [0, 0.05) is 77.9 Å². The lowest BCUT2D eigenvalue weighted by Crippen LogP contribution is -2.43. The number of hydrogen-bond acceptors (Lipinski definition) is 5. The number of amides is 2. The van der Waals surface area contributed by atoms with E-state index in [0.29, 0.717) is 31.2 Å². The molecule has 7 heteroatoms. The zero-order valence-electron chi connectivity index (χ0n) is 16.6. The minimum Gasteiger partial charge on any atom is -0.342 e. The Morgan fingerprint density at radius 3 is 2.56 bits per heavy atom. The average Bonchev–Trinajstić information content (AvgIpc) is 3.38. The van der Waals surface area contributed by atoms with E-state index < -0.39 is 0 Å². The molecule has 2 unspecified atom stereocenters. The molecule has 3 aliphatic rings. The Bertz CT molecular complexity index is 635. The SMILES string of the molecule is C#CCCC1(CCC(=O)N2CC(C)C(N3CCCN(C(C)=O)CC3)C2)N=N1. The zero-order valence-corrected chi connectivity index (χ0v) is 16.6. The van der Waals surface area contributed by atoms with Gasteiger partial charge in [-0.25, -0.2) is 0 Å². The van der Waals surface area contributed by atoms with Crippen molar-refractivity contribution in [3.63, 3.8) is 0 Å². The molecule has 3 rings (SSSR count). The molecule has 2 atom stereocenters. The van der Waals surface area contributed by atoms with Gasteiger partial charge in [-0.1, -0.05) is 6.92 Å². The van der Waals surface area contributed by atoms with Crippen LogP contribution in [0.2, 0.25) is 0 Å². The van der Waals surface area contributed by atoms with Gasteiger partial charge < -0.3 is 9.80 Å². The van der Waals surface area contributed by atoms with E-state index in [9.17, 15) is 9.59 Å². The summed E-state index contributed by atoms with van der Waals surface area (Å²) in [5.74, 6) is 3.42. The monoisotopic (exact) mass is 373 g/mol. The van der Waals surface area contributed by atoms with Crippen LogP contribution >= 0.6 is 0 Å². The molecular weight excluding hydrogens is 342 g/mol. The molecule has 2 amide bonds. The standard InChI is InChI=1S/C20H31N5O2/c1-4-5-8-20(21-22-20)9-7-19(27)25-14-16(2)18(15-25)24-11-6-10-23(12-13-24)17(3)26/h1,16,18H,5-15H2,2-3H3. The smallest absolute Gasteiger partial charge is 0.222 e. The molecule has 7 nitrogen and oxygen atoms in total. The molecule has 0 N–H and O–H groups in total. The van der Waals surface area contributed by atoms with Crippen LogP contribution < -0.4 is 0 Å². The van der Waals surface area contributed by atoms with Gasteiger partial charge in [0.1, 0.15) is 0 Å². The largest absolute Gasteiger partial charge is 0.342 e. The summed E-state index contributed by atoms with van der Waals surface area (Å²) in [6.45, 7) is 8.97. The molecule has 0 aromatic rings. The lowest BCUT2D eigenvalue weighted by atomic mass is 10.0. The van der Waals surface area contributed by atoms with E-state index in [2.05, 4.69) is 28.0 Å². The van der Waals surface area contributed by atoms with Crippen LogP contribution in [0.5, 0.6) is 0 Å². The summed E-state index contributed by atoms with van der Waals surface area (Å²) in [6.07, 6.45) is 8.86. The van der Waals surface area contributed by atoms with Crippen LogP contribution in [0, 0.1) is 18.3 Å². The van der Waals surface area contributed by atoms with Crippen molar-refractivity contribution < 1.29 is 9.59 Å². The van der Waals surface area contributed by atoms with Crippen LogP contribution in [0.25, 0.3) is 0 Å². The second-order valence-electron chi connectivity index (χ2n) is 8.13. The van der Waals surface area contributed by atoms with Crippen LogP contribution in [0.1, 0.15) is 46.0 Å². The van der Waals surface area contributed by atoms with Crippen molar-refractivity contribution in [1.29, 1.82) is 0 Å². The number of terminal acetylenes is 1. The van der Waals surface area contributed by atoms with Gasteiger partial charge >= 0.3 is 0 Å². The van der Waals surface area contributed by atoms with Crippen molar-refractivity contribution >= 4 is 11.8 Å². The fourth-order valence-corrected chi connectivity index (χ4v) is 4.35. The normalized spacial score (nSPS) is 27.3. The van der Waals surface area contributed by atoms with Crippen molar-refractivity contribution in [1.82, 2.24) is 14.7 Å². The highest BCUT2D eigenvalue weighted by molar-refractivity contribution is 5.76. The van der Waals surface area contributed by atoms with Gasteiger partial charge in [-0.3, -0.25) is 14.5 Å². The number of likely N-dealkylation sites (tertiary alicyclic amines) is 1. The predicted molar refractivity (Wildman–Crippen MR) is 103 cm³/mol. The summed E-state index contributed by atoms with van der Waals surface area (Å²) in [6, 6.07) is 0.381. The second-order valence-corrected chi connectivity index (χ2v) is 8.13. The van der Waals surface area contributed by atoms with Crippen molar-refractivity contribution in [3.8, 4) is 12.3 Å². The maximum absolute atomic E-state index is 12.7. The van der Waals surface area contributed by atoms with E-state index >= 15 is 0 Å². The lowest BCUT2D eigenvalue weighted by Gasteiger charge is -2.30. The maximum Gasteiger partial charge on any atom is 0.222 e. The summed E-state index contributed by atoms with van der Waals surface area (Å²) < 4.78 is 0. The van der Waals surface area contributed by atoms with Crippen LogP contribution in [-0.4, -0.2) is 77.5 Å². The zero-order chi connectivity index (χ0) is 19.4. The van der Waals surface area contributed by atoms with Crippen molar-refractivity contribution in [2.24, 2.45) is 16.1 Å². The third kappa shape index (κ3) is 4.86. The molecule has 2 fully saturated rings. The molecule has 0 radical (unpaired) electrons. The first kappa shape index (κ1) is 19.8. The van der Waals surface area contributed by atoms with E-state index in [1.165, 1.54) is 0 Å². The van der Waals surface area contributed by atoms with Crippen LogP contribution in [0.3, 0.4) is 0 Å². The van der Waals surface area contributed by atoms with Gasteiger partial charge in [-0.2, -0.15) is 10.2 Å². The van der Waals surface area contributed by atoms with Crippen LogP contribution in [-0.2, 0) is 9.59 Å². The fraction of sp³-hybridized carbons (Fsp3) is 0.800. The summed E-state index contributed by atoms with van der Waals surface area (Å²) in [7, 11) is 0. The topological polar surface area (TPSA) is 68.6 Å². The fourth-order valence-electron chi connectivity index (χ4n) is 4.35. The summed E-state index contributed by atoms with van der Waals surface area (Å²) in [5, 5.41) is 8.25. The Morgan fingerprint density at radius 2 is 1.89 bits per heavy atom. The molecule has 27 heavy (non-hydrogen) atoms. The molecule has 0 saturated carbocycles. The van der Waals surface area contributed by atoms with E-state index in [-0.39, 0.29) is 17.5 Å². The Kier molecular flexibility index (Phi) is 6.15. The summed E-state index contributed by atoms with van der Waals surface area (Å²) >= 11 is 0. The molecule has 3 aliphatic heterocycles. The Balaban J connectivity index is 1.48. The number of rotatable bonds is 6. The predicted octanol–water partition coefficient (Wildman–Crippen LogP) is 1.74. The van der Waals surface area contributed by atoms with Gasteiger partial charge in [0.2, 0.25) is 11.8 Å². The third-order valence-corrected chi connectivity index (χ3v) is 6.16. The average molecular weight is 374 g/mol. The van der Waals surface area contributed by atoms with Gasteiger partial charge in [0.05, 0.1) is 0 Å². The summed E-state index contributed by atoms with van der Waals surface area (Å²) in [4.78, 5) is 30.7. The molecule has 0 spiro atoms. The highest BCUT2D eigenvalue weighted by atomic mass is 16.2. The number of carbonyl (C=O) groups is 2. The first-order chi connectivity index (χ1) is 12.9. The number of carbonyl (C=O) groups excluding carboxylic acids is 2. The Labute approximate surface area is 162 Å². The Hall–Kier alpha value is -1.94. The van der Waals surface area contributed by atoms with Crippen molar-refractivity contribution in [2.75, 3.05) is 39.3 Å². The maximum atomic E-state index is 12.7. The minimum absolute atomic E-state index is 0.155. The number of nitrogens with zero attached hydrogens (tertiary/aromatic N) is 5. The van der Waals surface area contributed by atoms with Crippen molar-refractivity contribution in [3.05, 3.63) is 0 Å². The van der Waals surface area contributed by atoms with E-state index in [4.69, 9.17) is 6.42 Å². The highest BCUT2D eigenvalue weighted by Crippen LogP contribution is 2.38. The Morgan fingerprint density at radius 1 is 1.11 bits per heavy atom. The van der Waals surface area contributed by atoms with Gasteiger partial charge in [0.15, 0.2) is 5.66 Å². The molecule has 0 aromatic heterocycles. The first-order valence-corrected chi connectivity index (χ1v) is 10.1. The highest BCUT2D eigenvalue weighted by Gasteiger charge is 2.41. The minimum atomic E-state index is -0.381. The lowest BCUT2D eigenvalue weighted by molar-refractivity contribution is -0.130. The van der Waals surface area contributed by atoms with E-state index in [1.807, 2.05) is 9.80 Å². The molecule has 148 valence electrons. The molecule has 0 aliphatic carbocycles. The second kappa shape index (κ2) is 8.39. The summed E-state index contributed by atoms with van der Waals surface area (Å²) in [5.41, 5.74) is -0.381. The quantitative estimate of drug-likeness (QED) is 0.666. The van der Waals surface area contributed by atoms with Gasteiger partial charge in [-0.15, -0.1) is 12.3 Å². The molecular formula is C20H31N5O2. The third-order valence-electron chi connectivity index (χ3n) is 6.16. The van der Waals surface area contributed by atoms with Crippen LogP contribution in [0.15, 0.2) is 10.2 Å². The molecule has 2 saturated heterocycles. The van der Waals surface area contributed by atoms with Gasteiger partial charge in [-0.05, 0) is 12.3 Å². The molecule has 3 heterocycles. The van der Waals surface area contributed by atoms with Crippen LogP contribution in [0.4, 0.5) is 0 Å². The van der Waals surface area contributed by atoms with E-state index in [0.717, 1.165) is 52.1 Å². The molecule has 0 bridgehead atoms.